The lowest BCUT2D eigenvalue weighted by Gasteiger charge is -2.11. The first-order valence-corrected chi connectivity index (χ1v) is 6.19. The number of rotatable bonds is 5. The Morgan fingerprint density at radius 1 is 1.18 bits per heavy atom. The molecule has 3 nitrogen and oxygen atoms in total. The largest absolute Gasteiger partial charge is 0.493 e. The highest BCUT2D eigenvalue weighted by atomic mass is 32.1. The maximum Gasteiger partial charge on any atom is 0.162 e. The minimum absolute atomic E-state index is 0.00119. The average molecular weight is 250 g/mol. The number of aliphatic hydroxyl groups is 1. The molecular weight excluding hydrogens is 236 g/mol. The van der Waals surface area contributed by atoms with Crippen molar-refractivity contribution in [3.05, 3.63) is 46.2 Å². The summed E-state index contributed by atoms with van der Waals surface area (Å²) in [6.07, 6.45) is 0. The predicted molar refractivity (Wildman–Crippen MR) is 67.6 cm³/mol. The molecule has 0 amide bonds. The van der Waals surface area contributed by atoms with Gasteiger partial charge in [0.05, 0.1) is 13.7 Å². The Kier molecular flexibility index (Phi) is 4.01. The van der Waals surface area contributed by atoms with Crippen LogP contribution in [-0.2, 0) is 13.2 Å². The maximum atomic E-state index is 9.08. The van der Waals surface area contributed by atoms with E-state index in [2.05, 4.69) is 0 Å². The smallest absolute Gasteiger partial charge is 0.162 e. The minimum Gasteiger partial charge on any atom is -0.493 e. The lowest BCUT2D eigenvalue weighted by Crippen LogP contribution is -1.97. The van der Waals surface area contributed by atoms with E-state index in [4.69, 9.17) is 14.6 Å². The van der Waals surface area contributed by atoms with Crippen LogP contribution in [0.2, 0.25) is 0 Å². The Labute approximate surface area is 104 Å². The summed E-state index contributed by atoms with van der Waals surface area (Å²) in [6.45, 7) is 0.507. The van der Waals surface area contributed by atoms with Crippen molar-refractivity contribution in [2.45, 2.75) is 13.2 Å². The molecule has 17 heavy (non-hydrogen) atoms. The van der Waals surface area contributed by atoms with Crippen LogP contribution >= 0.6 is 11.3 Å². The summed E-state index contributed by atoms with van der Waals surface area (Å²) in [5.41, 5.74) is 1.94. The fourth-order valence-corrected chi connectivity index (χ4v) is 2.12. The maximum absolute atomic E-state index is 9.08. The number of methoxy groups -OCH3 is 1. The molecule has 0 aliphatic rings. The van der Waals surface area contributed by atoms with Crippen LogP contribution in [0, 0.1) is 0 Å². The molecule has 0 fully saturated rings. The van der Waals surface area contributed by atoms with E-state index in [1.54, 1.807) is 30.6 Å². The summed E-state index contributed by atoms with van der Waals surface area (Å²) in [6, 6.07) is 7.43. The van der Waals surface area contributed by atoms with Crippen LogP contribution < -0.4 is 9.47 Å². The van der Waals surface area contributed by atoms with E-state index in [1.807, 2.05) is 22.9 Å². The second-order valence-corrected chi connectivity index (χ2v) is 4.34. The van der Waals surface area contributed by atoms with Crippen molar-refractivity contribution in [2.24, 2.45) is 0 Å². The van der Waals surface area contributed by atoms with Crippen molar-refractivity contribution in [1.82, 2.24) is 0 Å². The summed E-state index contributed by atoms with van der Waals surface area (Å²) in [5, 5.41) is 13.1. The Morgan fingerprint density at radius 3 is 2.71 bits per heavy atom. The fourth-order valence-electron chi connectivity index (χ4n) is 1.47. The standard InChI is InChI=1S/C13H14O3S/c1-15-12-3-2-10(7-14)6-13(12)16-8-11-4-5-17-9-11/h2-6,9,14H,7-8H2,1H3. The van der Waals surface area contributed by atoms with Gasteiger partial charge in [0.15, 0.2) is 11.5 Å². The van der Waals surface area contributed by atoms with Crippen molar-refractivity contribution in [3.63, 3.8) is 0 Å². The topological polar surface area (TPSA) is 38.7 Å². The number of hydrogen-bond donors (Lipinski definition) is 1. The summed E-state index contributed by atoms with van der Waals surface area (Å²) in [7, 11) is 1.60. The molecule has 0 radical (unpaired) electrons. The van der Waals surface area contributed by atoms with Crippen LogP contribution in [0.25, 0.3) is 0 Å². The van der Waals surface area contributed by atoms with Crippen LogP contribution in [0.15, 0.2) is 35.0 Å². The molecule has 0 saturated carbocycles. The molecule has 0 unspecified atom stereocenters. The molecule has 90 valence electrons. The van der Waals surface area contributed by atoms with Gasteiger partial charge in [-0.2, -0.15) is 11.3 Å². The third-order valence-corrected chi connectivity index (χ3v) is 3.12. The molecule has 0 aliphatic heterocycles. The Bertz CT molecular complexity index is 466. The fraction of sp³-hybridized carbons (Fsp3) is 0.231. The Hall–Kier alpha value is -1.52. The molecule has 0 spiro atoms. The van der Waals surface area contributed by atoms with Gasteiger partial charge in [0.25, 0.3) is 0 Å². The second kappa shape index (κ2) is 5.70. The number of thiophene rings is 1. The summed E-state index contributed by atoms with van der Waals surface area (Å²) < 4.78 is 10.9. The number of ether oxygens (including phenoxy) is 2. The van der Waals surface area contributed by atoms with Crippen molar-refractivity contribution < 1.29 is 14.6 Å². The molecule has 2 aromatic rings. The monoisotopic (exact) mass is 250 g/mol. The van der Waals surface area contributed by atoms with Gasteiger partial charge in [-0.25, -0.2) is 0 Å². The zero-order valence-electron chi connectivity index (χ0n) is 9.55. The second-order valence-electron chi connectivity index (χ2n) is 3.56. The van der Waals surface area contributed by atoms with Gasteiger partial charge in [-0.1, -0.05) is 6.07 Å². The number of aliphatic hydroxyl groups excluding tert-OH is 1. The van der Waals surface area contributed by atoms with Crippen molar-refractivity contribution in [2.75, 3.05) is 7.11 Å². The lowest BCUT2D eigenvalue weighted by molar-refractivity contribution is 0.272. The molecule has 1 aromatic carbocycles. The third kappa shape index (κ3) is 2.99. The van der Waals surface area contributed by atoms with Crippen LogP contribution in [0.4, 0.5) is 0 Å². The lowest BCUT2D eigenvalue weighted by atomic mass is 10.2. The van der Waals surface area contributed by atoms with E-state index < -0.39 is 0 Å². The zero-order valence-corrected chi connectivity index (χ0v) is 10.4. The minimum atomic E-state index is -0.00119. The van der Waals surface area contributed by atoms with Gasteiger partial charge in [-0.15, -0.1) is 0 Å². The van der Waals surface area contributed by atoms with Gasteiger partial charge in [-0.05, 0) is 40.1 Å². The zero-order chi connectivity index (χ0) is 12.1. The SMILES string of the molecule is COc1ccc(CO)cc1OCc1ccsc1. The Morgan fingerprint density at radius 2 is 2.06 bits per heavy atom. The van der Waals surface area contributed by atoms with E-state index in [1.165, 1.54) is 0 Å². The summed E-state index contributed by atoms with van der Waals surface area (Å²) >= 11 is 1.64. The molecule has 1 heterocycles. The van der Waals surface area contributed by atoms with Gasteiger partial charge < -0.3 is 14.6 Å². The van der Waals surface area contributed by atoms with Crippen LogP contribution in [0.5, 0.6) is 11.5 Å². The van der Waals surface area contributed by atoms with E-state index in [0.29, 0.717) is 18.1 Å². The average Bonchev–Trinajstić information content (AvgIpc) is 2.89. The van der Waals surface area contributed by atoms with Crippen molar-refractivity contribution in [1.29, 1.82) is 0 Å². The molecule has 1 N–H and O–H groups in total. The molecular formula is C13H14O3S. The van der Waals surface area contributed by atoms with Gasteiger partial charge in [-0.3, -0.25) is 0 Å². The summed E-state index contributed by atoms with van der Waals surface area (Å²) in [5.74, 6) is 1.34. The highest BCUT2D eigenvalue weighted by molar-refractivity contribution is 7.07. The Balaban J connectivity index is 2.12. The molecule has 0 atom stereocenters. The van der Waals surface area contributed by atoms with Gasteiger partial charge in [0.1, 0.15) is 6.61 Å². The van der Waals surface area contributed by atoms with E-state index >= 15 is 0 Å². The molecule has 0 aliphatic carbocycles. The van der Waals surface area contributed by atoms with Crippen LogP contribution in [-0.4, -0.2) is 12.2 Å². The normalized spacial score (nSPS) is 10.2. The van der Waals surface area contributed by atoms with Crippen LogP contribution in [0.1, 0.15) is 11.1 Å². The molecule has 1 aromatic heterocycles. The number of hydrogen-bond acceptors (Lipinski definition) is 4. The quantitative estimate of drug-likeness (QED) is 0.886. The van der Waals surface area contributed by atoms with E-state index in [0.717, 1.165) is 11.1 Å². The molecule has 0 saturated heterocycles. The number of benzene rings is 1. The molecule has 4 heteroatoms. The van der Waals surface area contributed by atoms with Gasteiger partial charge in [0, 0.05) is 0 Å². The van der Waals surface area contributed by atoms with E-state index in [-0.39, 0.29) is 6.61 Å². The first-order valence-electron chi connectivity index (χ1n) is 5.25. The third-order valence-electron chi connectivity index (χ3n) is 2.39. The van der Waals surface area contributed by atoms with Gasteiger partial charge in [0.2, 0.25) is 0 Å². The predicted octanol–water partition coefficient (Wildman–Crippen LogP) is 2.83. The van der Waals surface area contributed by atoms with E-state index in [9.17, 15) is 0 Å². The summed E-state index contributed by atoms with van der Waals surface area (Å²) in [4.78, 5) is 0. The first kappa shape index (κ1) is 12.0. The highest BCUT2D eigenvalue weighted by Gasteiger charge is 2.06. The van der Waals surface area contributed by atoms with Crippen LogP contribution in [0.3, 0.4) is 0 Å². The first-order chi connectivity index (χ1) is 8.33. The van der Waals surface area contributed by atoms with Crippen molar-refractivity contribution in [3.8, 4) is 11.5 Å². The van der Waals surface area contributed by atoms with Gasteiger partial charge >= 0.3 is 0 Å². The highest BCUT2D eigenvalue weighted by Crippen LogP contribution is 2.29. The van der Waals surface area contributed by atoms with Crippen molar-refractivity contribution >= 4 is 11.3 Å². The molecule has 0 bridgehead atoms. The molecule has 2 rings (SSSR count).